The Morgan fingerprint density at radius 3 is 2.58 bits per heavy atom. The van der Waals surface area contributed by atoms with E-state index in [1.807, 2.05) is 0 Å². The molecule has 1 heterocycles. The molecule has 0 spiro atoms. The maximum atomic E-state index is 13.6. The summed E-state index contributed by atoms with van der Waals surface area (Å²) in [5, 5.41) is 3.12. The molecule has 0 radical (unpaired) electrons. The van der Waals surface area contributed by atoms with Crippen molar-refractivity contribution >= 4 is 17.4 Å². The van der Waals surface area contributed by atoms with Crippen molar-refractivity contribution in [3.8, 4) is 0 Å². The van der Waals surface area contributed by atoms with Crippen molar-refractivity contribution in [2.45, 2.75) is 19.9 Å². The number of hydrogen-bond acceptors (Lipinski definition) is 2. The first kappa shape index (κ1) is 13.7. The number of aryl methyl sites for hydroxylation is 1. The molecule has 1 N–H and O–H groups in total. The number of anilines is 1. The van der Waals surface area contributed by atoms with Gasteiger partial charge in [0, 0.05) is 6.20 Å². The van der Waals surface area contributed by atoms with Crippen LogP contribution >= 0.6 is 11.6 Å². The van der Waals surface area contributed by atoms with Gasteiger partial charge in [-0.1, -0.05) is 23.7 Å². The van der Waals surface area contributed by atoms with Gasteiger partial charge in [0.05, 0.1) is 11.1 Å². The molecular formula is C14H13ClF2N2. The first-order valence-corrected chi connectivity index (χ1v) is 6.19. The highest BCUT2D eigenvalue weighted by molar-refractivity contribution is 6.30. The number of aromatic nitrogens is 1. The summed E-state index contributed by atoms with van der Waals surface area (Å²) in [7, 11) is 0. The lowest BCUT2D eigenvalue weighted by molar-refractivity contribution is 0.612. The standard InChI is InChI=1S/C14H13ClF2N2/c1-8-3-4-10(5-12(8)16)9(2)19-14-13(17)6-11(15)7-18-14/h3-7,9H,1-2H3,(H,18,19). The SMILES string of the molecule is Cc1ccc(C(C)Nc2ncc(Cl)cc2F)cc1F. The van der Waals surface area contributed by atoms with Crippen molar-refractivity contribution in [1.29, 1.82) is 0 Å². The molecule has 0 saturated carbocycles. The summed E-state index contributed by atoms with van der Waals surface area (Å²) in [5.41, 5.74) is 1.30. The van der Waals surface area contributed by atoms with Gasteiger partial charge in [0.15, 0.2) is 11.6 Å². The molecule has 1 aromatic heterocycles. The van der Waals surface area contributed by atoms with Crippen LogP contribution in [0.3, 0.4) is 0 Å². The molecule has 0 saturated heterocycles. The molecule has 0 fully saturated rings. The van der Waals surface area contributed by atoms with Crippen molar-refractivity contribution in [2.24, 2.45) is 0 Å². The van der Waals surface area contributed by atoms with Crippen LogP contribution in [-0.4, -0.2) is 4.98 Å². The Morgan fingerprint density at radius 2 is 1.95 bits per heavy atom. The zero-order valence-corrected chi connectivity index (χ0v) is 11.3. The second-order valence-corrected chi connectivity index (χ2v) is 4.80. The summed E-state index contributed by atoms with van der Waals surface area (Å²) in [4.78, 5) is 3.87. The van der Waals surface area contributed by atoms with E-state index in [0.717, 1.165) is 5.56 Å². The van der Waals surface area contributed by atoms with Gasteiger partial charge in [-0.05, 0) is 37.1 Å². The lowest BCUT2D eigenvalue weighted by atomic mass is 10.1. The van der Waals surface area contributed by atoms with E-state index in [2.05, 4.69) is 10.3 Å². The minimum atomic E-state index is -0.535. The van der Waals surface area contributed by atoms with Gasteiger partial charge in [-0.25, -0.2) is 13.8 Å². The van der Waals surface area contributed by atoms with Crippen molar-refractivity contribution in [3.05, 3.63) is 58.2 Å². The maximum Gasteiger partial charge on any atom is 0.166 e. The van der Waals surface area contributed by atoms with Crippen LogP contribution in [0, 0.1) is 18.6 Å². The molecule has 0 bridgehead atoms. The van der Waals surface area contributed by atoms with Crippen LogP contribution in [0.2, 0.25) is 5.02 Å². The zero-order chi connectivity index (χ0) is 14.0. The van der Waals surface area contributed by atoms with Crippen LogP contribution in [0.1, 0.15) is 24.1 Å². The number of halogens is 3. The van der Waals surface area contributed by atoms with E-state index in [1.165, 1.54) is 18.3 Å². The number of rotatable bonds is 3. The summed E-state index contributed by atoms with van der Waals surface area (Å²) in [5.74, 6) is -0.722. The van der Waals surface area contributed by atoms with Crippen molar-refractivity contribution in [1.82, 2.24) is 4.98 Å². The van der Waals surface area contributed by atoms with E-state index in [9.17, 15) is 8.78 Å². The van der Waals surface area contributed by atoms with E-state index in [4.69, 9.17) is 11.6 Å². The second-order valence-electron chi connectivity index (χ2n) is 4.36. The molecule has 19 heavy (non-hydrogen) atoms. The molecule has 2 aromatic rings. The van der Waals surface area contributed by atoms with Gasteiger partial charge in [-0.15, -0.1) is 0 Å². The van der Waals surface area contributed by atoms with Crippen molar-refractivity contribution < 1.29 is 8.78 Å². The lowest BCUT2D eigenvalue weighted by Gasteiger charge is -2.16. The summed E-state index contributed by atoms with van der Waals surface area (Å²) in [6, 6.07) is 5.83. The third-order valence-electron chi connectivity index (χ3n) is 2.86. The largest absolute Gasteiger partial charge is 0.361 e. The van der Waals surface area contributed by atoms with Gasteiger partial charge in [-0.3, -0.25) is 0 Å². The minimum absolute atomic E-state index is 0.0953. The summed E-state index contributed by atoms with van der Waals surface area (Å²) < 4.78 is 27.1. The highest BCUT2D eigenvalue weighted by atomic mass is 35.5. The maximum absolute atomic E-state index is 13.6. The van der Waals surface area contributed by atoms with Crippen molar-refractivity contribution in [2.75, 3.05) is 5.32 Å². The van der Waals surface area contributed by atoms with E-state index >= 15 is 0 Å². The van der Waals surface area contributed by atoms with E-state index in [1.54, 1.807) is 26.0 Å². The Bertz CT molecular complexity index is 602. The fourth-order valence-electron chi connectivity index (χ4n) is 1.69. The average Bonchev–Trinajstić information content (AvgIpc) is 2.36. The van der Waals surface area contributed by atoms with Crippen LogP contribution in [0.25, 0.3) is 0 Å². The van der Waals surface area contributed by atoms with Gasteiger partial charge in [-0.2, -0.15) is 0 Å². The zero-order valence-electron chi connectivity index (χ0n) is 10.5. The van der Waals surface area contributed by atoms with Crippen LogP contribution in [0.15, 0.2) is 30.5 Å². The lowest BCUT2D eigenvalue weighted by Crippen LogP contribution is -2.10. The van der Waals surface area contributed by atoms with Gasteiger partial charge >= 0.3 is 0 Å². The Balaban J connectivity index is 2.20. The Kier molecular flexibility index (Phi) is 4.00. The van der Waals surface area contributed by atoms with E-state index < -0.39 is 5.82 Å². The van der Waals surface area contributed by atoms with Crippen LogP contribution in [0.5, 0.6) is 0 Å². The number of nitrogens with one attached hydrogen (secondary N) is 1. The molecular weight excluding hydrogens is 270 g/mol. The first-order chi connectivity index (χ1) is 8.97. The molecule has 0 aliphatic rings. The minimum Gasteiger partial charge on any atom is -0.361 e. The van der Waals surface area contributed by atoms with Gasteiger partial charge in [0.2, 0.25) is 0 Å². The predicted molar refractivity (Wildman–Crippen MR) is 72.4 cm³/mol. The van der Waals surface area contributed by atoms with E-state index in [-0.39, 0.29) is 22.7 Å². The molecule has 100 valence electrons. The second kappa shape index (κ2) is 5.53. The highest BCUT2D eigenvalue weighted by Crippen LogP contribution is 2.22. The highest BCUT2D eigenvalue weighted by Gasteiger charge is 2.11. The fourth-order valence-corrected chi connectivity index (χ4v) is 1.83. The quantitative estimate of drug-likeness (QED) is 0.897. The monoisotopic (exact) mass is 282 g/mol. The Morgan fingerprint density at radius 1 is 1.21 bits per heavy atom. The van der Waals surface area contributed by atoms with Gasteiger partial charge in [0.25, 0.3) is 0 Å². The van der Waals surface area contributed by atoms with Crippen LogP contribution < -0.4 is 5.32 Å². The van der Waals surface area contributed by atoms with E-state index in [0.29, 0.717) is 5.56 Å². The number of hydrogen-bond donors (Lipinski definition) is 1. The molecule has 0 aliphatic heterocycles. The molecule has 2 rings (SSSR count). The van der Waals surface area contributed by atoms with Crippen LogP contribution in [-0.2, 0) is 0 Å². The van der Waals surface area contributed by atoms with Gasteiger partial charge < -0.3 is 5.32 Å². The van der Waals surface area contributed by atoms with Gasteiger partial charge in [0.1, 0.15) is 5.82 Å². The Labute approximate surface area is 115 Å². The molecule has 5 heteroatoms. The number of pyridine rings is 1. The average molecular weight is 283 g/mol. The Hall–Kier alpha value is -1.68. The molecule has 1 aromatic carbocycles. The third kappa shape index (κ3) is 3.20. The first-order valence-electron chi connectivity index (χ1n) is 5.81. The van der Waals surface area contributed by atoms with Crippen molar-refractivity contribution in [3.63, 3.8) is 0 Å². The van der Waals surface area contributed by atoms with Crippen LogP contribution in [0.4, 0.5) is 14.6 Å². The third-order valence-corrected chi connectivity index (χ3v) is 3.06. The number of nitrogens with zero attached hydrogens (tertiary/aromatic N) is 1. The summed E-state index contributed by atoms with van der Waals surface area (Å²) >= 11 is 5.63. The normalized spacial score (nSPS) is 12.3. The fraction of sp³-hybridized carbons (Fsp3) is 0.214. The smallest absolute Gasteiger partial charge is 0.166 e. The predicted octanol–water partition coefficient (Wildman–Crippen LogP) is 4.49. The molecule has 0 aliphatic carbocycles. The molecule has 1 unspecified atom stereocenters. The molecule has 0 amide bonds. The topological polar surface area (TPSA) is 24.9 Å². The molecule has 1 atom stereocenters. The number of benzene rings is 1. The molecule has 2 nitrogen and oxygen atoms in total. The summed E-state index contributed by atoms with van der Waals surface area (Å²) in [6.07, 6.45) is 1.36. The summed E-state index contributed by atoms with van der Waals surface area (Å²) in [6.45, 7) is 3.50.